The van der Waals surface area contributed by atoms with Gasteiger partial charge in [0.15, 0.2) is 5.17 Å². The summed E-state index contributed by atoms with van der Waals surface area (Å²) in [6.45, 7) is 2.49. The van der Waals surface area contributed by atoms with Crippen molar-refractivity contribution < 1.29 is 14.3 Å². The van der Waals surface area contributed by atoms with Crippen LogP contribution in [-0.2, 0) is 9.59 Å². The number of nitrogens with two attached hydrogens (primary N) is 1. The summed E-state index contributed by atoms with van der Waals surface area (Å²) in [5.74, 6) is 0.146. The molecule has 1 aromatic rings. The quantitative estimate of drug-likeness (QED) is 0.855. The molecule has 0 fully saturated rings. The summed E-state index contributed by atoms with van der Waals surface area (Å²) < 4.78 is 5.31. The number of ether oxygens (including phenoxy) is 1. The van der Waals surface area contributed by atoms with Gasteiger partial charge in [0.1, 0.15) is 11.0 Å². The number of carbonyl (C=O) groups excluding carboxylic acids is 2. The van der Waals surface area contributed by atoms with E-state index in [4.69, 9.17) is 10.5 Å². The minimum atomic E-state index is -0.516. The molecule has 1 aliphatic rings. The number of hydrogen-bond acceptors (Lipinski definition) is 5. The van der Waals surface area contributed by atoms with E-state index in [1.807, 2.05) is 6.92 Å². The van der Waals surface area contributed by atoms with E-state index in [0.29, 0.717) is 12.3 Å². The summed E-state index contributed by atoms with van der Waals surface area (Å²) in [6, 6.07) is 7.04. The Kier molecular flexibility index (Phi) is 4.62. The van der Waals surface area contributed by atoms with Crippen LogP contribution in [0.3, 0.4) is 0 Å². The highest BCUT2D eigenvalue weighted by Crippen LogP contribution is 2.23. The van der Waals surface area contributed by atoms with Crippen LogP contribution in [0, 0.1) is 0 Å². The van der Waals surface area contributed by atoms with Gasteiger partial charge in [0.2, 0.25) is 5.91 Å². The molecular weight excluding hydrogens is 278 g/mol. The first-order chi connectivity index (χ1) is 9.58. The topological polar surface area (TPSA) is 93.8 Å². The number of carbonyl (C=O) groups is 2. The minimum absolute atomic E-state index is 0.0565. The molecule has 1 aliphatic heterocycles. The third-order valence-electron chi connectivity index (χ3n) is 2.58. The van der Waals surface area contributed by atoms with Crippen molar-refractivity contribution in [1.82, 2.24) is 0 Å². The molecule has 2 rings (SSSR count). The number of aliphatic imine (C=N–C) groups is 1. The second kappa shape index (κ2) is 6.42. The zero-order valence-corrected chi connectivity index (χ0v) is 11.8. The van der Waals surface area contributed by atoms with Crippen molar-refractivity contribution in [3.05, 3.63) is 24.3 Å². The van der Waals surface area contributed by atoms with Gasteiger partial charge in [0.25, 0.3) is 5.91 Å². The lowest BCUT2D eigenvalue weighted by Crippen LogP contribution is -2.21. The van der Waals surface area contributed by atoms with Gasteiger partial charge in [-0.2, -0.15) is 4.99 Å². The number of thioether (sulfide) groups is 1. The van der Waals surface area contributed by atoms with Gasteiger partial charge in [0.05, 0.1) is 6.61 Å². The maximum atomic E-state index is 11.8. The van der Waals surface area contributed by atoms with Crippen LogP contribution in [-0.4, -0.2) is 28.8 Å². The van der Waals surface area contributed by atoms with E-state index in [2.05, 4.69) is 10.3 Å². The highest BCUT2D eigenvalue weighted by Gasteiger charge is 2.29. The molecular formula is C13H15N3O3S. The average molecular weight is 293 g/mol. The summed E-state index contributed by atoms with van der Waals surface area (Å²) in [4.78, 5) is 26.8. The van der Waals surface area contributed by atoms with Crippen LogP contribution in [0.5, 0.6) is 5.75 Å². The van der Waals surface area contributed by atoms with Gasteiger partial charge >= 0.3 is 0 Å². The SMILES string of the molecule is CCOc1ccc(NC(=O)C[C@H]2SC(N)=NC2=O)cc1. The van der Waals surface area contributed by atoms with Crippen molar-refractivity contribution in [2.45, 2.75) is 18.6 Å². The molecule has 0 spiro atoms. The number of nitrogens with one attached hydrogen (secondary N) is 1. The highest BCUT2D eigenvalue weighted by atomic mass is 32.2. The fraction of sp³-hybridized carbons (Fsp3) is 0.308. The molecule has 1 heterocycles. The molecule has 3 N–H and O–H groups in total. The van der Waals surface area contributed by atoms with Crippen LogP contribution in [0.15, 0.2) is 29.3 Å². The molecule has 7 heteroatoms. The lowest BCUT2D eigenvalue weighted by Gasteiger charge is -2.09. The molecule has 0 aliphatic carbocycles. The second-order valence-electron chi connectivity index (χ2n) is 4.10. The zero-order valence-electron chi connectivity index (χ0n) is 11.0. The first-order valence-corrected chi connectivity index (χ1v) is 7.04. The van der Waals surface area contributed by atoms with E-state index < -0.39 is 5.25 Å². The third-order valence-corrected chi connectivity index (χ3v) is 3.56. The number of amidine groups is 1. The number of amides is 2. The standard InChI is InChI=1S/C13H15N3O3S/c1-2-19-9-5-3-8(4-6-9)15-11(17)7-10-12(18)16-13(14)20-10/h3-6,10H,2,7H2,1H3,(H,15,17)(H2,14,16,18)/t10-/m1/s1. The Morgan fingerprint density at radius 2 is 2.15 bits per heavy atom. The summed E-state index contributed by atoms with van der Waals surface area (Å²) in [7, 11) is 0. The molecule has 20 heavy (non-hydrogen) atoms. The van der Waals surface area contributed by atoms with Crippen LogP contribution >= 0.6 is 11.8 Å². The van der Waals surface area contributed by atoms with Gasteiger partial charge in [-0.1, -0.05) is 11.8 Å². The molecule has 0 unspecified atom stereocenters. The number of benzene rings is 1. The predicted octanol–water partition coefficient (Wildman–Crippen LogP) is 1.37. The maximum Gasteiger partial charge on any atom is 0.262 e. The second-order valence-corrected chi connectivity index (χ2v) is 5.33. The van der Waals surface area contributed by atoms with Gasteiger partial charge < -0.3 is 15.8 Å². The zero-order chi connectivity index (χ0) is 14.5. The van der Waals surface area contributed by atoms with Crippen LogP contribution in [0.1, 0.15) is 13.3 Å². The summed E-state index contributed by atoms with van der Waals surface area (Å²) in [6.07, 6.45) is 0.0565. The van der Waals surface area contributed by atoms with E-state index in [1.54, 1.807) is 24.3 Å². The third kappa shape index (κ3) is 3.74. The summed E-state index contributed by atoms with van der Waals surface area (Å²) in [5, 5.41) is 2.42. The lowest BCUT2D eigenvalue weighted by molar-refractivity contribution is -0.121. The predicted molar refractivity (Wildman–Crippen MR) is 78.9 cm³/mol. The van der Waals surface area contributed by atoms with Crippen molar-refractivity contribution in [1.29, 1.82) is 0 Å². The molecule has 1 aromatic carbocycles. The fourth-order valence-corrected chi connectivity index (χ4v) is 2.54. The van der Waals surface area contributed by atoms with Crippen molar-refractivity contribution in [2.75, 3.05) is 11.9 Å². The van der Waals surface area contributed by atoms with Crippen LogP contribution < -0.4 is 15.8 Å². The van der Waals surface area contributed by atoms with E-state index in [0.717, 1.165) is 17.5 Å². The summed E-state index contributed by atoms with van der Waals surface area (Å²) >= 11 is 1.12. The molecule has 1 atom stereocenters. The number of anilines is 1. The maximum absolute atomic E-state index is 11.8. The molecule has 106 valence electrons. The Labute approximate surface area is 120 Å². The van der Waals surface area contributed by atoms with E-state index in [1.165, 1.54) is 0 Å². The Morgan fingerprint density at radius 1 is 1.45 bits per heavy atom. The number of nitrogens with zero attached hydrogens (tertiary/aromatic N) is 1. The first-order valence-electron chi connectivity index (χ1n) is 6.16. The van der Waals surface area contributed by atoms with E-state index >= 15 is 0 Å². The minimum Gasteiger partial charge on any atom is -0.494 e. The normalized spacial score (nSPS) is 17.8. The van der Waals surface area contributed by atoms with Crippen molar-refractivity contribution >= 4 is 34.4 Å². The van der Waals surface area contributed by atoms with Gasteiger partial charge in [0, 0.05) is 12.1 Å². The summed E-state index contributed by atoms with van der Waals surface area (Å²) in [5.41, 5.74) is 6.09. The Balaban J connectivity index is 1.87. The fourth-order valence-electron chi connectivity index (χ4n) is 1.71. The van der Waals surface area contributed by atoms with Crippen molar-refractivity contribution in [3.8, 4) is 5.75 Å². The molecule has 6 nitrogen and oxygen atoms in total. The van der Waals surface area contributed by atoms with Gasteiger partial charge in [-0.3, -0.25) is 9.59 Å². The largest absolute Gasteiger partial charge is 0.494 e. The van der Waals surface area contributed by atoms with Crippen molar-refractivity contribution in [2.24, 2.45) is 10.7 Å². The van der Waals surface area contributed by atoms with Gasteiger partial charge in [-0.15, -0.1) is 0 Å². The van der Waals surface area contributed by atoms with Crippen LogP contribution in [0.4, 0.5) is 5.69 Å². The monoisotopic (exact) mass is 293 g/mol. The number of hydrogen-bond donors (Lipinski definition) is 2. The molecule has 0 saturated heterocycles. The Hall–Kier alpha value is -2.02. The number of rotatable bonds is 5. The van der Waals surface area contributed by atoms with Gasteiger partial charge in [-0.25, -0.2) is 0 Å². The smallest absolute Gasteiger partial charge is 0.262 e. The molecule has 0 saturated carbocycles. The Morgan fingerprint density at radius 3 is 2.70 bits per heavy atom. The first kappa shape index (κ1) is 14.4. The molecule has 0 bridgehead atoms. The highest BCUT2D eigenvalue weighted by molar-refractivity contribution is 8.15. The molecule has 2 amide bonds. The molecule has 0 aromatic heterocycles. The van der Waals surface area contributed by atoms with Crippen LogP contribution in [0.2, 0.25) is 0 Å². The average Bonchev–Trinajstić information content (AvgIpc) is 2.70. The van der Waals surface area contributed by atoms with Crippen molar-refractivity contribution in [3.63, 3.8) is 0 Å². The van der Waals surface area contributed by atoms with E-state index in [-0.39, 0.29) is 23.4 Å². The lowest BCUT2D eigenvalue weighted by atomic mass is 10.2. The van der Waals surface area contributed by atoms with Crippen LogP contribution in [0.25, 0.3) is 0 Å². The van der Waals surface area contributed by atoms with Gasteiger partial charge in [-0.05, 0) is 31.2 Å². The Bertz CT molecular complexity index is 542. The molecule has 0 radical (unpaired) electrons. The van der Waals surface area contributed by atoms with E-state index in [9.17, 15) is 9.59 Å².